The van der Waals surface area contributed by atoms with Gasteiger partial charge in [-0.25, -0.2) is 19.0 Å². The zero-order valence-corrected chi connectivity index (χ0v) is 22.6. The lowest BCUT2D eigenvalue weighted by atomic mass is 9.99. The number of nitrogens with two attached hydrogens (primary N) is 1. The molecule has 0 aliphatic carbocycles. The van der Waals surface area contributed by atoms with Crippen molar-refractivity contribution in [1.29, 1.82) is 0 Å². The number of nitrogens with zero attached hydrogens (tertiary/aromatic N) is 5. The molecular formula is C31H26FN7O3. The number of pyridine rings is 1. The molecule has 0 saturated carbocycles. The molecule has 0 spiro atoms. The second-order valence-corrected chi connectivity index (χ2v) is 10.1. The minimum absolute atomic E-state index is 0.132. The summed E-state index contributed by atoms with van der Waals surface area (Å²) < 4.78 is 28.2. The first-order chi connectivity index (χ1) is 20.5. The van der Waals surface area contributed by atoms with Gasteiger partial charge in [-0.2, -0.15) is 5.10 Å². The van der Waals surface area contributed by atoms with Crippen LogP contribution in [0.15, 0.2) is 82.4 Å². The van der Waals surface area contributed by atoms with Crippen molar-refractivity contribution >= 4 is 27.8 Å². The Morgan fingerprint density at radius 2 is 1.95 bits per heavy atom. The van der Waals surface area contributed by atoms with Crippen molar-refractivity contribution in [3.05, 3.63) is 101 Å². The highest BCUT2D eigenvalue weighted by Gasteiger charge is 2.27. The van der Waals surface area contributed by atoms with Crippen molar-refractivity contribution in [1.82, 2.24) is 30.0 Å². The Morgan fingerprint density at radius 3 is 2.74 bits per heavy atom. The molecule has 3 N–H and O–H groups in total. The van der Waals surface area contributed by atoms with E-state index in [0.29, 0.717) is 57.7 Å². The van der Waals surface area contributed by atoms with E-state index in [1.807, 2.05) is 19.1 Å². The summed E-state index contributed by atoms with van der Waals surface area (Å²) >= 11 is 0. The van der Waals surface area contributed by atoms with E-state index in [1.54, 1.807) is 47.3 Å². The summed E-state index contributed by atoms with van der Waals surface area (Å²) in [5.41, 5.74) is 9.67. The van der Waals surface area contributed by atoms with Gasteiger partial charge in [0.15, 0.2) is 5.65 Å². The van der Waals surface area contributed by atoms with Gasteiger partial charge in [0.05, 0.1) is 28.6 Å². The third-order valence-electron chi connectivity index (χ3n) is 7.52. The third-order valence-corrected chi connectivity index (χ3v) is 7.52. The van der Waals surface area contributed by atoms with E-state index < -0.39 is 11.9 Å². The van der Waals surface area contributed by atoms with Gasteiger partial charge in [0, 0.05) is 24.8 Å². The summed E-state index contributed by atoms with van der Waals surface area (Å²) in [6.45, 7) is 3.97. The van der Waals surface area contributed by atoms with E-state index in [1.165, 1.54) is 18.5 Å². The van der Waals surface area contributed by atoms with E-state index in [4.69, 9.17) is 20.0 Å². The van der Waals surface area contributed by atoms with Crippen LogP contribution in [0.3, 0.4) is 0 Å². The van der Waals surface area contributed by atoms with Crippen LogP contribution >= 0.6 is 0 Å². The Morgan fingerprint density at radius 1 is 1.07 bits per heavy atom. The summed E-state index contributed by atoms with van der Waals surface area (Å²) in [5.74, 6) is 0.104. The van der Waals surface area contributed by atoms with Crippen LogP contribution in [-0.2, 0) is 4.74 Å². The second kappa shape index (κ2) is 10.4. The normalized spacial score (nSPS) is 16.2. The number of ether oxygens (including phenoxy) is 1. The van der Waals surface area contributed by atoms with Gasteiger partial charge in [-0.3, -0.25) is 9.78 Å². The number of anilines is 1. The smallest absolute Gasteiger partial charge is 0.200 e. The van der Waals surface area contributed by atoms with Crippen molar-refractivity contribution in [2.75, 3.05) is 25.4 Å². The molecule has 0 amide bonds. The average molecular weight is 564 g/mol. The van der Waals surface area contributed by atoms with Crippen molar-refractivity contribution in [2.24, 2.45) is 0 Å². The summed E-state index contributed by atoms with van der Waals surface area (Å²) in [5, 5.41) is 9.17. The van der Waals surface area contributed by atoms with Crippen LogP contribution in [0, 0.1) is 5.82 Å². The third kappa shape index (κ3) is 4.39. The van der Waals surface area contributed by atoms with Gasteiger partial charge in [-0.1, -0.05) is 24.3 Å². The van der Waals surface area contributed by atoms with E-state index in [-0.39, 0.29) is 22.9 Å². The largest absolute Gasteiger partial charge is 0.458 e. The highest BCUT2D eigenvalue weighted by Crippen LogP contribution is 2.36. The quantitative estimate of drug-likeness (QED) is 0.307. The van der Waals surface area contributed by atoms with Crippen molar-refractivity contribution in [3.8, 4) is 22.4 Å². The lowest BCUT2D eigenvalue weighted by Gasteiger charge is -2.23. The molecule has 210 valence electrons. The maximum atomic E-state index is 14.3. The number of para-hydroxylation sites is 1. The molecule has 10 nitrogen and oxygen atoms in total. The molecule has 4 aromatic heterocycles. The molecule has 5 heterocycles. The molecule has 0 radical (unpaired) electrons. The van der Waals surface area contributed by atoms with Crippen LogP contribution in [0.25, 0.3) is 44.4 Å². The number of hydrogen-bond donors (Lipinski definition) is 2. The summed E-state index contributed by atoms with van der Waals surface area (Å²) in [7, 11) is 0. The van der Waals surface area contributed by atoms with E-state index in [2.05, 4.69) is 20.3 Å². The number of nitrogen functional groups attached to an aromatic ring is 1. The number of rotatable bonds is 5. The molecule has 1 fully saturated rings. The molecule has 1 aliphatic rings. The van der Waals surface area contributed by atoms with Crippen LogP contribution in [-0.4, -0.2) is 44.4 Å². The van der Waals surface area contributed by atoms with Crippen LogP contribution in [0.4, 0.5) is 10.2 Å². The van der Waals surface area contributed by atoms with Crippen LogP contribution in [0.1, 0.15) is 30.5 Å². The van der Waals surface area contributed by atoms with Crippen molar-refractivity contribution in [3.63, 3.8) is 0 Å². The van der Waals surface area contributed by atoms with Gasteiger partial charge in [-0.05, 0) is 48.9 Å². The van der Waals surface area contributed by atoms with E-state index >= 15 is 0 Å². The zero-order chi connectivity index (χ0) is 28.8. The highest BCUT2D eigenvalue weighted by molar-refractivity contribution is 5.98. The molecule has 11 heteroatoms. The molecular weight excluding hydrogens is 537 g/mol. The SMILES string of the molecule is CC(c1oc2ccccc2c(=O)c1-c1cccc(F)c1)n1nc(-c2ccc(C3CNCCO3)nc2)c2c(N)ncnc21. The Kier molecular flexibility index (Phi) is 6.45. The fourth-order valence-corrected chi connectivity index (χ4v) is 5.44. The average Bonchev–Trinajstić information content (AvgIpc) is 3.42. The standard InChI is InChI=1S/C31H26FN7O3/c1-17(29-25(18-5-4-6-20(32)13-18)28(40)21-7-2-3-8-23(21)42-29)39-31-26(30(33)36-16-37-31)27(38-39)19-9-10-22(35-14-19)24-15-34-11-12-41-24/h2-10,13-14,16-17,24,34H,11-12,15H2,1H3,(H2,33,36,37). The molecule has 0 bridgehead atoms. The Balaban J connectivity index is 1.40. The number of aromatic nitrogens is 5. The monoisotopic (exact) mass is 563 g/mol. The predicted octanol–water partition coefficient (Wildman–Crippen LogP) is 4.65. The molecule has 6 aromatic rings. The van der Waals surface area contributed by atoms with Crippen LogP contribution in [0.5, 0.6) is 0 Å². The highest BCUT2D eigenvalue weighted by atomic mass is 19.1. The van der Waals surface area contributed by atoms with Crippen molar-refractivity contribution < 1.29 is 13.5 Å². The first kappa shape index (κ1) is 25.9. The lowest BCUT2D eigenvalue weighted by molar-refractivity contribution is 0.0250. The number of benzene rings is 2. The minimum atomic E-state index is -0.639. The van der Waals surface area contributed by atoms with Gasteiger partial charge < -0.3 is 20.2 Å². The molecule has 2 aromatic carbocycles. The number of halogens is 1. The summed E-state index contributed by atoms with van der Waals surface area (Å²) in [4.78, 5) is 27.2. The van der Waals surface area contributed by atoms with Gasteiger partial charge in [0.25, 0.3) is 0 Å². The molecule has 2 unspecified atom stereocenters. The van der Waals surface area contributed by atoms with Crippen LogP contribution < -0.4 is 16.5 Å². The Labute approximate surface area is 239 Å². The Hall–Kier alpha value is -5.00. The summed E-state index contributed by atoms with van der Waals surface area (Å²) in [6, 6.07) is 16.1. The maximum absolute atomic E-state index is 14.3. The molecule has 42 heavy (non-hydrogen) atoms. The van der Waals surface area contributed by atoms with Crippen molar-refractivity contribution in [2.45, 2.75) is 19.1 Å². The van der Waals surface area contributed by atoms with Gasteiger partial charge in [0.1, 0.15) is 47.1 Å². The zero-order valence-electron chi connectivity index (χ0n) is 22.6. The minimum Gasteiger partial charge on any atom is -0.458 e. The number of hydrogen-bond acceptors (Lipinski definition) is 9. The van der Waals surface area contributed by atoms with Gasteiger partial charge in [0.2, 0.25) is 5.43 Å². The van der Waals surface area contributed by atoms with E-state index in [0.717, 1.165) is 12.2 Å². The van der Waals surface area contributed by atoms with Gasteiger partial charge in [-0.15, -0.1) is 0 Å². The fourth-order valence-electron chi connectivity index (χ4n) is 5.44. The molecule has 1 aliphatic heterocycles. The Bertz CT molecular complexity index is 2000. The predicted molar refractivity (Wildman–Crippen MR) is 156 cm³/mol. The first-order valence-corrected chi connectivity index (χ1v) is 13.6. The topological polar surface area (TPSA) is 134 Å². The number of nitrogens with one attached hydrogen (secondary N) is 1. The molecule has 2 atom stereocenters. The molecule has 7 rings (SSSR count). The molecule has 1 saturated heterocycles. The fraction of sp³-hybridized carbons (Fsp3) is 0.194. The number of morpholine rings is 1. The first-order valence-electron chi connectivity index (χ1n) is 13.6. The number of fused-ring (bicyclic) bond motifs is 2. The second-order valence-electron chi connectivity index (χ2n) is 10.1. The lowest BCUT2D eigenvalue weighted by Crippen LogP contribution is -2.33. The van der Waals surface area contributed by atoms with Gasteiger partial charge >= 0.3 is 0 Å². The summed E-state index contributed by atoms with van der Waals surface area (Å²) in [6.07, 6.45) is 2.96. The van der Waals surface area contributed by atoms with E-state index in [9.17, 15) is 9.18 Å². The van der Waals surface area contributed by atoms with Crippen LogP contribution in [0.2, 0.25) is 0 Å². The maximum Gasteiger partial charge on any atom is 0.200 e.